The molecule has 0 radical (unpaired) electrons. The lowest BCUT2D eigenvalue weighted by Gasteiger charge is -2.08. The van der Waals surface area contributed by atoms with Crippen molar-refractivity contribution in [3.05, 3.63) is 46.6 Å². The third-order valence-corrected chi connectivity index (χ3v) is 5.79. The number of sulfone groups is 1. The second kappa shape index (κ2) is 6.26. The minimum atomic E-state index is -3.52. The van der Waals surface area contributed by atoms with Crippen LogP contribution in [0.4, 0.5) is 5.69 Å². The maximum Gasteiger partial charge on any atom is 0.197 e. The molecular formula is C17H18N2O4S. The average molecular weight is 346 g/mol. The molecule has 3 aromatic rings. The van der Waals surface area contributed by atoms with Crippen molar-refractivity contribution in [3.8, 4) is 0 Å². The summed E-state index contributed by atoms with van der Waals surface area (Å²) in [5.41, 5.74) is 1.88. The van der Waals surface area contributed by atoms with E-state index in [9.17, 15) is 13.2 Å². The average Bonchev–Trinajstić information content (AvgIpc) is 2.59. The van der Waals surface area contributed by atoms with Gasteiger partial charge in [0.05, 0.1) is 10.6 Å². The number of aliphatic hydroxyl groups excluding tert-OH is 1. The zero-order valence-electron chi connectivity index (χ0n) is 13.2. The van der Waals surface area contributed by atoms with Gasteiger partial charge in [-0.05, 0) is 42.8 Å². The molecule has 0 bridgehead atoms. The van der Waals surface area contributed by atoms with E-state index in [1.807, 2.05) is 12.1 Å². The predicted molar refractivity (Wildman–Crippen MR) is 95.4 cm³/mol. The van der Waals surface area contributed by atoms with Gasteiger partial charge in [-0.15, -0.1) is 0 Å². The lowest BCUT2D eigenvalue weighted by molar-refractivity contribution is 0.295. The zero-order chi connectivity index (χ0) is 17.3. The zero-order valence-corrected chi connectivity index (χ0v) is 14.0. The Labute approximate surface area is 139 Å². The third-order valence-electron chi connectivity index (χ3n) is 3.99. The molecule has 24 heavy (non-hydrogen) atoms. The first-order valence-corrected chi connectivity index (χ1v) is 9.22. The Morgan fingerprint density at radius 2 is 1.75 bits per heavy atom. The first-order valence-electron chi connectivity index (χ1n) is 7.57. The Hall–Kier alpha value is -2.38. The Morgan fingerprint density at radius 3 is 2.42 bits per heavy atom. The highest BCUT2D eigenvalue weighted by atomic mass is 32.2. The van der Waals surface area contributed by atoms with Crippen molar-refractivity contribution in [3.63, 3.8) is 0 Å². The van der Waals surface area contributed by atoms with Crippen LogP contribution in [0.3, 0.4) is 0 Å². The number of anilines is 1. The standard InChI is InChI=1S/C17H18N2O4S/c1-18-11-3-5-15-13(9-11)17(21)14-10-12(4-6-16(14)19-15)24(22,23)8-2-7-20/h3-6,9-10,18,20H,2,7-8H2,1H3,(H,19,21). The number of aromatic nitrogens is 1. The van der Waals surface area contributed by atoms with Gasteiger partial charge >= 0.3 is 0 Å². The molecule has 0 saturated heterocycles. The van der Waals surface area contributed by atoms with Crippen LogP contribution in [0, 0.1) is 0 Å². The van der Waals surface area contributed by atoms with Crippen molar-refractivity contribution in [2.75, 3.05) is 24.7 Å². The van der Waals surface area contributed by atoms with Gasteiger partial charge in [0.25, 0.3) is 0 Å². The maximum atomic E-state index is 12.8. The van der Waals surface area contributed by atoms with Crippen molar-refractivity contribution < 1.29 is 13.5 Å². The van der Waals surface area contributed by atoms with Crippen LogP contribution in [0.15, 0.2) is 46.1 Å². The Kier molecular flexibility index (Phi) is 4.29. The molecule has 0 saturated carbocycles. The molecule has 1 aromatic heterocycles. The molecule has 126 valence electrons. The molecule has 0 amide bonds. The molecule has 0 aliphatic carbocycles. The Balaban J connectivity index is 2.23. The minimum absolute atomic E-state index is 0.0954. The number of fused-ring (bicyclic) bond motifs is 2. The van der Waals surface area contributed by atoms with Gasteiger partial charge in [0.2, 0.25) is 0 Å². The number of aliphatic hydroxyl groups is 1. The molecule has 2 aromatic carbocycles. The SMILES string of the molecule is CNc1ccc2[nH]c3ccc(S(=O)(=O)CCCO)cc3c(=O)c2c1. The lowest BCUT2D eigenvalue weighted by atomic mass is 10.1. The molecule has 0 unspecified atom stereocenters. The van der Waals surface area contributed by atoms with E-state index in [0.29, 0.717) is 21.8 Å². The van der Waals surface area contributed by atoms with Gasteiger partial charge in [-0.3, -0.25) is 4.79 Å². The topological polar surface area (TPSA) is 99.3 Å². The maximum absolute atomic E-state index is 12.8. The number of aromatic amines is 1. The van der Waals surface area contributed by atoms with Crippen LogP contribution in [0.1, 0.15) is 6.42 Å². The predicted octanol–water partition coefficient (Wildman–Crippen LogP) is 1.88. The molecule has 0 spiro atoms. The second-order valence-corrected chi connectivity index (χ2v) is 7.68. The summed E-state index contributed by atoms with van der Waals surface area (Å²) >= 11 is 0. The van der Waals surface area contributed by atoms with E-state index in [1.54, 1.807) is 19.2 Å². The first-order chi connectivity index (χ1) is 11.5. The van der Waals surface area contributed by atoms with Crippen LogP contribution in [0.2, 0.25) is 0 Å². The van der Waals surface area contributed by atoms with Crippen LogP contribution in [-0.4, -0.2) is 37.9 Å². The number of benzene rings is 2. The Bertz CT molecular complexity index is 1070. The van der Waals surface area contributed by atoms with E-state index in [1.165, 1.54) is 12.1 Å². The first kappa shape index (κ1) is 16.5. The van der Waals surface area contributed by atoms with E-state index in [0.717, 1.165) is 5.69 Å². The molecule has 3 N–H and O–H groups in total. The van der Waals surface area contributed by atoms with Crippen molar-refractivity contribution in [1.82, 2.24) is 4.98 Å². The summed E-state index contributed by atoms with van der Waals surface area (Å²) in [7, 11) is -1.76. The molecule has 0 aliphatic rings. The molecule has 0 fully saturated rings. The summed E-state index contributed by atoms with van der Waals surface area (Å²) in [5, 5.41) is 12.6. The Morgan fingerprint density at radius 1 is 1.08 bits per heavy atom. The molecule has 7 heteroatoms. The van der Waals surface area contributed by atoms with E-state index in [-0.39, 0.29) is 29.1 Å². The molecule has 0 aliphatic heterocycles. The number of H-pyrrole nitrogens is 1. The number of hydrogen-bond acceptors (Lipinski definition) is 5. The quantitative estimate of drug-likeness (QED) is 0.613. The molecule has 0 atom stereocenters. The van der Waals surface area contributed by atoms with Crippen LogP contribution in [0.5, 0.6) is 0 Å². The molecule has 6 nitrogen and oxygen atoms in total. The molecule has 3 rings (SSSR count). The monoisotopic (exact) mass is 346 g/mol. The van der Waals surface area contributed by atoms with Crippen molar-refractivity contribution >= 4 is 37.3 Å². The van der Waals surface area contributed by atoms with Crippen molar-refractivity contribution in [2.45, 2.75) is 11.3 Å². The van der Waals surface area contributed by atoms with Gasteiger partial charge in [-0.1, -0.05) is 0 Å². The summed E-state index contributed by atoms with van der Waals surface area (Å²) in [6.07, 6.45) is 0.167. The fourth-order valence-corrected chi connectivity index (χ4v) is 3.99. The highest BCUT2D eigenvalue weighted by molar-refractivity contribution is 7.91. The van der Waals surface area contributed by atoms with Crippen LogP contribution in [0.25, 0.3) is 21.8 Å². The largest absolute Gasteiger partial charge is 0.396 e. The van der Waals surface area contributed by atoms with Gasteiger partial charge in [0, 0.05) is 41.1 Å². The van der Waals surface area contributed by atoms with Gasteiger partial charge in [0.15, 0.2) is 15.3 Å². The second-order valence-electron chi connectivity index (χ2n) is 5.57. The number of hydrogen-bond donors (Lipinski definition) is 3. The van der Waals surface area contributed by atoms with Gasteiger partial charge in [-0.25, -0.2) is 8.42 Å². The fraction of sp³-hybridized carbons (Fsp3) is 0.235. The van der Waals surface area contributed by atoms with Gasteiger partial charge < -0.3 is 15.4 Å². The third kappa shape index (κ3) is 2.88. The lowest BCUT2D eigenvalue weighted by Crippen LogP contribution is -2.10. The van der Waals surface area contributed by atoms with E-state index < -0.39 is 9.84 Å². The van der Waals surface area contributed by atoms with Gasteiger partial charge in [-0.2, -0.15) is 0 Å². The summed E-state index contributed by atoms with van der Waals surface area (Å²) in [5.74, 6) is -0.148. The fourth-order valence-electron chi connectivity index (χ4n) is 2.67. The number of pyridine rings is 1. The van der Waals surface area contributed by atoms with Crippen molar-refractivity contribution in [1.29, 1.82) is 0 Å². The number of nitrogens with one attached hydrogen (secondary N) is 2. The van der Waals surface area contributed by atoms with E-state index in [4.69, 9.17) is 5.11 Å². The minimum Gasteiger partial charge on any atom is -0.396 e. The summed E-state index contributed by atoms with van der Waals surface area (Å²) < 4.78 is 24.6. The highest BCUT2D eigenvalue weighted by Gasteiger charge is 2.16. The molecule has 1 heterocycles. The molecular weight excluding hydrogens is 328 g/mol. The number of rotatable bonds is 5. The van der Waals surface area contributed by atoms with Crippen LogP contribution < -0.4 is 10.7 Å². The van der Waals surface area contributed by atoms with Gasteiger partial charge in [0.1, 0.15) is 0 Å². The summed E-state index contributed by atoms with van der Waals surface area (Å²) in [4.78, 5) is 16.0. The summed E-state index contributed by atoms with van der Waals surface area (Å²) in [6.45, 7) is -0.190. The van der Waals surface area contributed by atoms with Crippen molar-refractivity contribution in [2.24, 2.45) is 0 Å². The summed E-state index contributed by atoms with van der Waals surface area (Å²) in [6, 6.07) is 9.91. The smallest absolute Gasteiger partial charge is 0.197 e. The van der Waals surface area contributed by atoms with E-state index >= 15 is 0 Å². The van der Waals surface area contributed by atoms with Crippen LogP contribution >= 0.6 is 0 Å². The highest BCUT2D eigenvalue weighted by Crippen LogP contribution is 2.21. The van der Waals surface area contributed by atoms with E-state index in [2.05, 4.69) is 10.3 Å². The normalized spacial score (nSPS) is 11.9. The van der Waals surface area contributed by atoms with Crippen LogP contribution in [-0.2, 0) is 9.84 Å².